The van der Waals surface area contributed by atoms with Gasteiger partial charge in [-0.15, -0.1) is 0 Å². The summed E-state index contributed by atoms with van der Waals surface area (Å²) in [5, 5.41) is 4.71. The Morgan fingerprint density at radius 1 is 1.33 bits per heavy atom. The lowest BCUT2D eigenvalue weighted by atomic mass is 10.1. The summed E-state index contributed by atoms with van der Waals surface area (Å²) in [6, 6.07) is 6.35. The number of aromatic nitrogens is 2. The van der Waals surface area contributed by atoms with Gasteiger partial charge in [-0.05, 0) is 25.1 Å². The number of nitrogens with zero attached hydrogens (tertiary/aromatic N) is 2. The molecule has 2 heterocycles. The molecule has 0 saturated carbocycles. The Morgan fingerprint density at radius 2 is 2.11 bits per heavy atom. The molecule has 2 N–H and O–H groups in total. The molecule has 0 aliphatic carbocycles. The van der Waals surface area contributed by atoms with Crippen LogP contribution < -0.4 is 5.73 Å². The Bertz CT molecular complexity index is 742. The Hall–Kier alpha value is -2.30. The number of rotatable bonds is 1. The number of halogens is 1. The third kappa shape index (κ3) is 1.40. The van der Waals surface area contributed by atoms with Gasteiger partial charge in [0.2, 0.25) is 5.88 Å². The maximum absolute atomic E-state index is 13.4. The molecule has 5 heteroatoms. The molecule has 0 bridgehead atoms. The van der Waals surface area contributed by atoms with Gasteiger partial charge in [0.25, 0.3) is 0 Å². The molecule has 2 aromatic heterocycles. The second kappa shape index (κ2) is 3.60. The largest absolute Gasteiger partial charge is 0.368 e. The molecule has 0 aliphatic rings. The lowest BCUT2D eigenvalue weighted by molar-refractivity contribution is 0.439. The van der Waals surface area contributed by atoms with E-state index in [1.54, 1.807) is 12.1 Å². The first-order valence-electron chi connectivity index (χ1n) is 5.55. The van der Waals surface area contributed by atoms with Crippen molar-refractivity contribution in [1.29, 1.82) is 0 Å². The first-order chi connectivity index (χ1) is 8.58. The summed E-state index contributed by atoms with van der Waals surface area (Å²) in [4.78, 5) is 0. The van der Waals surface area contributed by atoms with Gasteiger partial charge in [0.05, 0.1) is 0 Å². The smallest absolute Gasteiger partial charge is 0.222 e. The molecule has 0 fully saturated rings. The van der Waals surface area contributed by atoms with E-state index in [0.29, 0.717) is 5.69 Å². The summed E-state index contributed by atoms with van der Waals surface area (Å²) in [5.74, 6) is -0.0244. The van der Waals surface area contributed by atoms with Gasteiger partial charge in [0, 0.05) is 35.3 Å². The molecule has 0 atom stereocenters. The molecule has 0 radical (unpaired) electrons. The number of fused-ring (bicyclic) bond motifs is 1. The molecule has 18 heavy (non-hydrogen) atoms. The molecular weight excluding hydrogens is 233 g/mol. The summed E-state index contributed by atoms with van der Waals surface area (Å²) in [6.07, 6.45) is 0. The van der Waals surface area contributed by atoms with Crippen molar-refractivity contribution in [3.05, 3.63) is 35.8 Å². The van der Waals surface area contributed by atoms with Crippen LogP contribution in [0.15, 0.2) is 28.8 Å². The van der Waals surface area contributed by atoms with Crippen LogP contribution in [0.4, 0.5) is 10.3 Å². The zero-order valence-corrected chi connectivity index (χ0v) is 10.1. The van der Waals surface area contributed by atoms with Crippen molar-refractivity contribution in [1.82, 2.24) is 9.72 Å². The first kappa shape index (κ1) is 10.8. The van der Waals surface area contributed by atoms with Crippen LogP contribution in [0.2, 0.25) is 0 Å². The average Bonchev–Trinajstić information content (AvgIpc) is 2.84. The third-order valence-electron chi connectivity index (χ3n) is 3.24. The van der Waals surface area contributed by atoms with Crippen molar-refractivity contribution in [3.8, 4) is 11.3 Å². The summed E-state index contributed by atoms with van der Waals surface area (Å²) >= 11 is 0. The molecule has 0 saturated heterocycles. The molecule has 0 unspecified atom stereocenters. The van der Waals surface area contributed by atoms with E-state index in [9.17, 15) is 4.39 Å². The Labute approximate surface area is 103 Å². The minimum atomic E-state index is -0.272. The second-order valence-corrected chi connectivity index (χ2v) is 4.30. The van der Waals surface area contributed by atoms with Crippen molar-refractivity contribution in [2.75, 3.05) is 5.73 Å². The number of nitrogen functional groups attached to an aromatic ring is 1. The number of aryl methyl sites for hydroxylation is 1. The quantitative estimate of drug-likeness (QED) is 0.717. The number of anilines is 1. The Balaban J connectivity index is 2.40. The van der Waals surface area contributed by atoms with E-state index in [0.717, 1.165) is 22.2 Å². The molecular formula is C13H12FN3O. The van der Waals surface area contributed by atoms with Crippen LogP contribution >= 0.6 is 0 Å². The van der Waals surface area contributed by atoms with Crippen LogP contribution in [0, 0.1) is 12.7 Å². The maximum Gasteiger partial charge on any atom is 0.222 e. The van der Waals surface area contributed by atoms with Gasteiger partial charge in [-0.2, -0.15) is 0 Å². The van der Waals surface area contributed by atoms with Crippen LogP contribution in [0.1, 0.15) is 5.69 Å². The predicted molar refractivity (Wildman–Crippen MR) is 67.5 cm³/mol. The highest BCUT2D eigenvalue weighted by Crippen LogP contribution is 2.34. The number of hydrogen-bond acceptors (Lipinski definition) is 3. The van der Waals surface area contributed by atoms with Gasteiger partial charge in [-0.1, -0.05) is 5.16 Å². The predicted octanol–water partition coefficient (Wildman–Crippen LogP) is 2.86. The lowest BCUT2D eigenvalue weighted by Gasteiger charge is -1.98. The summed E-state index contributed by atoms with van der Waals surface area (Å²) in [7, 11) is 1.93. The maximum atomic E-state index is 13.4. The van der Waals surface area contributed by atoms with Crippen molar-refractivity contribution in [2.45, 2.75) is 6.92 Å². The van der Waals surface area contributed by atoms with Crippen LogP contribution in [0.5, 0.6) is 0 Å². The van der Waals surface area contributed by atoms with E-state index in [4.69, 9.17) is 10.3 Å². The summed E-state index contributed by atoms with van der Waals surface area (Å²) in [5.41, 5.74) is 8.96. The van der Waals surface area contributed by atoms with Crippen LogP contribution in [-0.4, -0.2) is 9.72 Å². The standard InChI is InChI=1S/C13H12FN3O/c1-7-13(10-6-12(15)18-16-10)9-5-8(14)3-4-11(9)17(7)2/h3-6H,15H2,1-2H3. The minimum absolute atomic E-state index is 0.248. The van der Waals surface area contributed by atoms with E-state index in [2.05, 4.69) is 5.16 Å². The molecule has 3 rings (SSSR count). The fraction of sp³-hybridized carbons (Fsp3) is 0.154. The van der Waals surface area contributed by atoms with E-state index >= 15 is 0 Å². The second-order valence-electron chi connectivity index (χ2n) is 4.30. The van der Waals surface area contributed by atoms with Crippen LogP contribution in [0.25, 0.3) is 22.2 Å². The number of benzene rings is 1. The fourth-order valence-corrected chi connectivity index (χ4v) is 2.27. The van der Waals surface area contributed by atoms with Gasteiger partial charge >= 0.3 is 0 Å². The Morgan fingerprint density at radius 3 is 2.78 bits per heavy atom. The van der Waals surface area contributed by atoms with E-state index in [1.807, 2.05) is 18.5 Å². The number of nitrogens with two attached hydrogens (primary N) is 1. The van der Waals surface area contributed by atoms with E-state index in [1.165, 1.54) is 12.1 Å². The monoisotopic (exact) mass is 245 g/mol. The van der Waals surface area contributed by atoms with Crippen LogP contribution in [-0.2, 0) is 7.05 Å². The molecule has 4 nitrogen and oxygen atoms in total. The van der Waals surface area contributed by atoms with Crippen molar-refractivity contribution >= 4 is 16.8 Å². The Kier molecular flexibility index (Phi) is 2.16. The molecule has 0 aliphatic heterocycles. The summed E-state index contributed by atoms with van der Waals surface area (Å²) in [6.45, 7) is 1.96. The molecule has 0 spiro atoms. The highest BCUT2D eigenvalue weighted by atomic mass is 19.1. The fourth-order valence-electron chi connectivity index (χ4n) is 2.27. The third-order valence-corrected chi connectivity index (χ3v) is 3.24. The summed E-state index contributed by atoms with van der Waals surface area (Å²) < 4.78 is 20.3. The van der Waals surface area contributed by atoms with E-state index in [-0.39, 0.29) is 11.7 Å². The van der Waals surface area contributed by atoms with Gasteiger partial charge < -0.3 is 14.8 Å². The zero-order chi connectivity index (χ0) is 12.9. The minimum Gasteiger partial charge on any atom is -0.368 e. The topological polar surface area (TPSA) is 57.0 Å². The van der Waals surface area contributed by atoms with Crippen molar-refractivity contribution < 1.29 is 8.91 Å². The highest BCUT2D eigenvalue weighted by Gasteiger charge is 2.17. The first-order valence-corrected chi connectivity index (χ1v) is 5.55. The molecule has 92 valence electrons. The van der Waals surface area contributed by atoms with Gasteiger partial charge in [0.1, 0.15) is 11.5 Å². The molecule has 1 aromatic carbocycles. The van der Waals surface area contributed by atoms with Crippen molar-refractivity contribution in [3.63, 3.8) is 0 Å². The van der Waals surface area contributed by atoms with Crippen molar-refractivity contribution in [2.24, 2.45) is 7.05 Å². The average molecular weight is 245 g/mol. The van der Waals surface area contributed by atoms with Gasteiger partial charge in [-0.3, -0.25) is 0 Å². The SMILES string of the molecule is Cc1c(-c2cc(N)on2)c2cc(F)ccc2n1C. The van der Waals surface area contributed by atoms with Gasteiger partial charge in [0.15, 0.2) is 0 Å². The molecule has 0 amide bonds. The van der Waals surface area contributed by atoms with Crippen LogP contribution in [0.3, 0.4) is 0 Å². The number of hydrogen-bond donors (Lipinski definition) is 1. The van der Waals surface area contributed by atoms with E-state index < -0.39 is 0 Å². The van der Waals surface area contributed by atoms with Gasteiger partial charge in [-0.25, -0.2) is 4.39 Å². The lowest BCUT2D eigenvalue weighted by Crippen LogP contribution is -1.90. The zero-order valence-electron chi connectivity index (χ0n) is 10.1. The normalized spacial score (nSPS) is 11.3. The highest BCUT2D eigenvalue weighted by molar-refractivity contribution is 5.97. The molecule has 3 aromatic rings.